The van der Waals surface area contributed by atoms with Crippen molar-refractivity contribution in [3.8, 4) is 0 Å². The fraction of sp³-hybridized carbons (Fsp3) is 0.286. The molecule has 4 heterocycles. The van der Waals surface area contributed by atoms with Crippen LogP contribution in [0.25, 0.3) is 0 Å². The number of amides is 1. The lowest BCUT2D eigenvalue weighted by atomic mass is 9.74. The van der Waals surface area contributed by atoms with Gasteiger partial charge >= 0.3 is 0 Å². The molecule has 5 nitrogen and oxygen atoms in total. The minimum Gasteiger partial charge on any atom is -0.339 e. The topological polar surface area (TPSA) is 49.3 Å². The van der Waals surface area contributed by atoms with Crippen LogP contribution in [0.2, 0.25) is 0 Å². The molecule has 136 valence electrons. The molecular weight excluding hydrogens is 356 g/mol. The Kier molecular flexibility index (Phi) is 3.93. The van der Waals surface area contributed by atoms with Gasteiger partial charge < -0.3 is 9.80 Å². The summed E-state index contributed by atoms with van der Waals surface area (Å²) in [6.45, 7) is 2.44. The Labute approximate surface area is 162 Å². The molecule has 1 saturated heterocycles. The molecule has 0 aliphatic carbocycles. The van der Waals surface area contributed by atoms with Gasteiger partial charge in [-0.25, -0.2) is 9.97 Å². The Hall–Kier alpha value is -2.73. The Balaban J connectivity index is 1.42. The Bertz CT molecular complexity index is 949. The maximum Gasteiger partial charge on any atom is 0.254 e. The van der Waals surface area contributed by atoms with E-state index in [9.17, 15) is 4.79 Å². The molecule has 1 spiro atoms. The zero-order valence-electron chi connectivity index (χ0n) is 14.9. The van der Waals surface area contributed by atoms with Gasteiger partial charge in [0.05, 0.1) is 5.56 Å². The van der Waals surface area contributed by atoms with E-state index in [1.165, 1.54) is 11.3 Å². The molecule has 3 aromatic rings. The summed E-state index contributed by atoms with van der Waals surface area (Å²) >= 11 is 1.57. The van der Waals surface area contributed by atoms with Crippen LogP contribution >= 0.6 is 11.3 Å². The van der Waals surface area contributed by atoms with Crippen LogP contribution in [-0.2, 0) is 5.41 Å². The normalized spacial score (nSPS) is 17.9. The Morgan fingerprint density at radius 3 is 2.56 bits per heavy atom. The number of nitrogens with zero attached hydrogens (tertiary/aromatic N) is 4. The molecule has 2 aromatic heterocycles. The molecule has 1 amide bonds. The molecule has 2 aliphatic heterocycles. The van der Waals surface area contributed by atoms with E-state index in [0.29, 0.717) is 0 Å². The van der Waals surface area contributed by atoms with Gasteiger partial charge in [-0.15, -0.1) is 0 Å². The van der Waals surface area contributed by atoms with Gasteiger partial charge in [0.1, 0.15) is 0 Å². The van der Waals surface area contributed by atoms with Gasteiger partial charge in [-0.05, 0) is 42.0 Å². The summed E-state index contributed by atoms with van der Waals surface area (Å²) in [7, 11) is 0. The van der Waals surface area contributed by atoms with E-state index in [4.69, 9.17) is 0 Å². The average Bonchev–Trinajstić information content (AvgIpc) is 3.37. The van der Waals surface area contributed by atoms with Gasteiger partial charge in [0, 0.05) is 48.5 Å². The zero-order chi connectivity index (χ0) is 18.3. The molecule has 0 saturated carbocycles. The highest BCUT2D eigenvalue weighted by Crippen LogP contribution is 2.48. The summed E-state index contributed by atoms with van der Waals surface area (Å²) in [5.74, 6) is 0.902. The highest BCUT2D eigenvalue weighted by Gasteiger charge is 2.46. The number of likely N-dealkylation sites (tertiary alicyclic amines) is 1. The molecule has 0 bridgehead atoms. The van der Waals surface area contributed by atoms with Crippen molar-refractivity contribution in [2.24, 2.45) is 0 Å². The number of rotatable bonds is 2. The van der Waals surface area contributed by atoms with Crippen molar-refractivity contribution in [1.29, 1.82) is 0 Å². The first-order valence-electron chi connectivity index (χ1n) is 9.22. The summed E-state index contributed by atoms with van der Waals surface area (Å²) in [5.41, 5.74) is 3.42. The third-order valence-corrected chi connectivity index (χ3v) is 6.48. The van der Waals surface area contributed by atoms with Gasteiger partial charge in [-0.3, -0.25) is 4.79 Å². The highest BCUT2D eigenvalue weighted by atomic mass is 32.1. The third kappa shape index (κ3) is 2.72. The number of fused-ring (bicyclic) bond motifs is 2. The van der Waals surface area contributed by atoms with Gasteiger partial charge in [0.2, 0.25) is 5.95 Å². The van der Waals surface area contributed by atoms with Gasteiger partial charge in [-0.1, -0.05) is 18.2 Å². The summed E-state index contributed by atoms with van der Waals surface area (Å²) < 4.78 is 0. The second-order valence-electron chi connectivity index (χ2n) is 7.24. The van der Waals surface area contributed by atoms with Crippen LogP contribution in [0.4, 0.5) is 11.6 Å². The van der Waals surface area contributed by atoms with Crippen LogP contribution in [0.15, 0.2) is 59.6 Å². The van der Waals surface area contributed by atoms with Gasteiger partial charge in [0.15, 0.2) is 0 Å². The molecule has 6 heteroatoms. The number of carbonyl (C=O) groups excluding carboxylic acids is 1. The predicted octanol–water partition coefficient (Wildman–Crippen LogP) is 3.86. The molecule has 0 unspecified atom stereocenters. The molecule has 1 fully saturated rings. The lowest BCUT2D eigenvalue weighted by Gasteiger charge is -2.39. The number of benzene rings is 1. The fourth-order valence-corrected chi connectivity index (χ4v) is 5.00. The summed E-state index contributed by atoms with van der Waals surface area (Å²) in [4.78, 5) is 25.9. The van der Waals surface area contributed by atoms with Crippen LogP contribution in [0.5, 0.6) is 0 Å². The van der Waals surface area contributed by atoms with Crippen LogP contribution in [0.1, 0.15) is 28.8 Å². The maximum absolute atomic E-state index is 12.7. The molecular formula is C21H20N4OS. The maximum atomic E-state index is 12.7. The number of carbonyl (C=O) groups is 1. The van der Waals surface area contributed by atoms with Gasteiger partial charge in [-0.2, -0.15) is 11.3 Å². The molecule has 5 rings (SSSR count). The van der Waals surface area contributed by atoms with E-state index in [-0.39, 0.29) is 11.3 Å². The first kappa shape index (κ1) is 16.4. The van der Waals surface area contributed by atoms with Gasteiger partial charge in [0.25, 0.3) is 5.91 Å². The number of piperidine rings is 1. The molecule has 0 atom stereocenters. The molecule has 1 aromatic carbocycles. The number of aromatic nitrogens is 2. The molecule has 0 radical (unpaired) electrons. The minimum atomic E-state index is 0.0568. The first-order valence-corrected chi connectivity index (χ1v) is 10.2. The van der Waals surface area contributed by atoms with Crippen molar-refractivity contribution in [3.05, 3.63) is 70.7 Å². The van der Waals surface area contributed by atoms with Crippen LogP contribution in [0, 0.1) is 0 Å². The lowest BCUT2D eigenvalue weighted by molar-refractivity contribution is 0.0675. The predicted molar refractivity (Wildman–Crippen MR) is 107 cm³/mol. The van der Waals surface area contributed by atoms with Crippen molar-refractivity contribution < 1.29 is 4.79 Å². The lowest BCUT2D eigenvalue weighted by Crippen LogP contribution is -2.46. The second-order valence-corrected chi connectivity index (χ2v) is 8.02. The highest BCUT2D eigenvalue weighted by molar-refractivity contribution is 7.08. The van der Waals surface area contributed by atoms with E-state index in [1.54, 1.807) is 23.7 Å². The van der Waals surface area contributed by atoms with E-state index in [2.05, 4.69) is 39.1 Å². The Morgan fingerprint density at radius 1 is 1.04 bits per heavy atom. The van der Waals surface area contributed by atoms with Crippen molar-refractivity contribution in [2.45, 2.75) is 18.3 Å². The van der Waals surface area contributed by atoms with E-state index >= 15 is 0 Å². The monoisotopic (exact) mass is 376 g/mol. The fourth-order valence-electron chi connectivity index (χ4n) is 4.37. The number of para-hydroxylation sites is 1. The van der Waals surface area contributed by atoms with E-state index < -0.39 is 0 Å². The third-order valence-electron chi connectivity index (χ3n) is 5.80. The number of anilines is 2. The molecule has 2 aliphatic rings. The number of thiophene rings is 1. The Morgan fingerprint density at radius 2 is 1.81 bits per heavy atom. The van der Waals surface area contributed by atoms with Crippen molar-refractivity contribution in [2.75, 3.05) is 24.5 Å². The smallest absolute Gasteiger partial charge is 0.254 e. The average molecular weight is 376 g/mol. The summed E-state index contributed by atoms with van der Waals surface area (Å²) in [5, 5.41) is 3.90. The second kappa shape index (κ2) is 6.46. The summed E-state index contributed by atoms with van der Waals surface area (Å²) in [6.07, 6.45) is 5.50. The summed E-state index contributed by atoms with van der Waals surface area (Å²) in [6, 6.07) is 12.3. The number of hydrogen-bond donors (Lipinski definition) is 0. The van der Waals surface area contributed by atoms with E-state index in [0.717, 1.165) is 44.0 Å². The minimum absolute atomic E-state index is 0.0568. The zero-order valence-corrected chi connectivity index (χ0v) is 15.7. The van der Waals surface area contributed by atoms with Crippen molar-refractivity contribution in [1.82, 2.24) is 14.9 Å². The quantitative estimate of drug-likeness (QED) is 0.681. The van der Waals surface area contributed by atoms with E-state index in [1.807, 2.05) is 27.8 Å². The van der Waals surface area contributed by atoms with Crippen LogP contribution < -0.4 is 4.90 Å². The molecule has 0 N–H and O–H groups in total. The SMILES string of the molecule is O=C(c1ccsc1)N1CCC2(CC1)CN(c1ncccn1)c1ccccc12. The van der Waals surface area contributed by atoms with Crippen molar-refractivity contribution >= 4 is 28.9 Å². The van der Waals surface area contributed by atoms with Crippen LogP contribution in [0.3, 0.4) is 0 Å². The standard InChI is InChI=1S/C21H20N4OS/c26-19(16-6-13-27-14-16)24-11-7-21(8-12-24)15-25(20-22-9-3-10-23-20)18-5-2-1-4-17(18)21/h1-6,9-10,13-14H,7-8,11-12,15H2. The number of hydrogen-bond acceptors (Lipinski definition) is 5. The molecule has 27 heavy (non-hydrogen) atoms. The van der Waals surface area contributed by atoms with Crippen molar-refractivity contribution in [3.63, 3.8) is 0 Å². The largest absolute Gasteiger partial charge is 0.339 e. The van der Waals surface area contributed by atoms with Crippen LogP contribution in [-0.4, -0.2) is 40.4 Å². The first-order chi connectivity index (χ1) is 13.3.